The summed E-state index contributed by atoms with van der Waals surface area (Å²) in [5.41, 5.74) is 2.86. The maximum Gasteiger partial charge on any atom is 0.223 e. The van der Waals surface area contributed by atoms with E-state index in [1.165, 1.54) is 43.2 Å². The number of benzene rings is 1. The van der Waals surface area contributed by atoms with Crippen LogP contribution in [-0.4, -0.2) is 25.5 Å². The first-order valence-corrected chi connectivity index (χ1v) is 9.16. The molecule has 2 N–H and O–H groups in total. The molecule has 1 aliphatic heterocycles. The maximum absolute atomic E-state index is 12.5. The molecule has 2 aliphatic rings. The van der Waals surface area contributed by atoms with E-state index in [1.54, 1.807) is 0 Å². The Morgan fingerprint density at radius 1 is 1.30 bits per heavy atom. The van der Waals surface area contributed by atoms with E-state index in [9.17, 15) is 4.79 Å². The molecule has 0 radical (unpaired) electrons. The van der Waals surface area contributed by atoms with Crippen LogP contribution in [0.1, 0.15) is 50.2 Å². The number of carbonyl (C=O) groups excluding carboxylic acids is 1. The van der Waals surface area contributed by atoms with Crippen molar-refractivity contribution >= 4 is 5.91 Å². The van der Waals surface area contributed by atoms with Crippen molar-refractivity contribution in [1.82, 2.24) is 10.6 Å². The summed E-state index contributed by atoms with van der Waals surface area (Å²) in [6.45, 7) is 6.99. The van der Waals surface area contributed by atoms with Gasteiger partial charge in [0.15, 0.2) is 0 Å². The number of hydrogen-bond donors (Lipinski definition) is 2. The number of amides is 1. The number of rotatable bonds is 5. The lowest BCUT2D eigenvalue weighted by Crippen LogP contribution is -2.51. The van der Waals surface area contributed by atoms with E-state index in [4.69, 9.17) is 0 Å². The third-order valence-electron chi connectivity index (χ3n) is 5.98. The van der Waals surface area contributed by atoms with Crippen molar-refractivity contribution in [2.24, 2.45) is 11.8 Å². The fourth-order valence-electron chi connectivity index (χ4n) is 4.07. The molecule has 3 nitrogen and oxygen atoms in total. The Morgan fingerprint density at radius 2 is 2.04 bits per heavy atom. The van der Waals surface area contributed by atoms with Crippen LogP contribution in [0.3, 0.4) is 0 Å². The van der Waals surface area contributed by atoms with E-state index in [-0.39, 0.29) is 17.2 Å². The normalized spacial score (nSPS) is 22.2. The first kappa shape index (κ1) is 16.5. The lowest BCUT2D eigenvalue weighted by Gasteiger charge is -2.39. The maximum atomic E-state index is 12.5. The molecule has 0 aromatic heterocycles. The summed E-state index contributed by atoms with van der Waals surface area (Å²) in [5, 5.41) is 6.56. The number of carbonyl (C=O) groups is 1. The summed E-state index contributed by atoms with van der Waals surface area (Å²) in [6, 6.07) is 8.89. The fourth-order valence-corrected chi connectivity index (χ4v) is 4.07. The molecule has 126 valence electrons. The number of aryl methyl sites for hydroxylation is 1. The molecule has 0 bridgehead atoms. The Kier molecular flexibility index (Phi) is 5.05. The van der Waals surface area contributed by atoms with Crippen LogP contribution >= 0.6 is 0 Å². The summed E-state index contributed by atoms with van der Waals surface area (Å²) in [6.07, 6.45) is 6.25. The molecule has 1 heterocycles. The van der Waals surface area contributed by atoms with Crippen LogP contribution in [-0.2, 0) is 10.2 Å². The topological polar surface area (TPSA) is 41.1 Å². The average Bonchev–Trinajstić information content (AvgIpc) is 2.52. The Labute approximate surface area is 140 Å². The Morgan fingerprint density at radius 3 is 2.65 bits per heavy atom. The largest absolute Gasteiger partial charge is 0.355 e. The molecule has 3 heteroatoms. The van der Waals surface area contributed by atoms with Gasteiger partial charge in [-0.3, -0.25) is 4.79 Å². The summed E-state index contributed by atoms with van der Waals surface area (Å²) in [7, 11) is 0. The molecule has 1 amide bonds. The first-order valence-electron chi connectivity index (χ1n) is 9.16. The number of hydrogen-bond acceptors (Lipinski definition) is 2. The van der Waals surface area contributed by atoms with Crippen LogP contribution in [0.5, 0.6) is 0 Å². The molecule has 2 fully saturated rings. The molecule has 3 rings (SSSR count). The lowest BCUT2D eigenvalue weighted by atomic mass is 9.69. The van der Waals surface area contributed by atoms with Crippen LogP contribution in [0.15, 0.2) is 24.3 Å². The van der Waals surface area contributed by atoms with E-state index >= 15 is 0 Å². The lowest BCUT2D eigenvalue weighted by molar-refractivity contribution is -0.127. The third-order valence-corrected chi connectivity index (χ3v) is 5.98. The van der Waals surface area contributed by atoms with E-state index in [2.05, 4.69) is 48.7 Å². The quantitative estimate of drug-likeness (QED) is 0.876. The van der Waals surface area contributed by atoms with E-state index in [1.807, 2.05) is 0 Å². The van der Waals surface area contributed by atoms with Crippen molar-refractivity contribution in [2.75, 3.05) is 19.6 Å². The van der Waals surface area contributed by atoms with Gasteiger partial charge in [-0.1, -0.05) is 56.0 Å². The zero-order valence-corrected chi connectivity index (χ0v) is 14.5. The van der Waals surface area contributed by atoms with Gasteiger partial charge in [0.25, 0.3) is 0 Å². The van der Waals surface area contributed by atoms with Gasteiger partial charge < -0.3 is 10.6 Å². The first-order chi connectivity index (χ1) is 11.1. The van der Waals surface area contributed by atoms with Gasteiger partial charge in [-0.05, 0) is 44.3 Å². The zero-order chi connectivity index (χ0) is 16.3. The minimum atomic E-state index is 0.120. The molecular weight excluding hydrogens is 284 g/mol. The average molecular weight is 314 g/mol. The molecule has 1 atom stereocenters. The van der Waals surface area contributed by atoms with Gasteiger partial charge in [-0.25, -0.2) is 0 Å². The van der Waals surface area contributed by atoms with Crippen LogP contribution in [0.25, 0.3) is 0 Å². The number of nitrogens with one attached hydrogen (secondary N) is 2. The van der Waals surface area contributed by atoms with E-state index in [0.29, 0.717) is 5.92 Å². The second-order valence-electron chi connectivity index (χ2n) is 7.64. The van der Waals surface area contributed by atoms with Crippen molar-refractivity contribution in [1.29, 1.82) is 0 Å². The summed E-state index contributed by atoms with van der Waals surface area (Å²) in [4.78, 5) is 12.5. The van der Waals surface area contributed by atoms with Crippen molar-refractivity contribution in [3.8, 4) is 0 Å². The standard InChI is InChI=1S/C20H30N2O/c1-15-7-6-8-18(11-15)20(9-4-3-5-10-20)14-22-19(23)16(2)17-12-21-13-17/h6-8,11,16-17,21H,3-5,9-10,12-14H2,1-2H3,(H,22,23). The third kappa shape index (κ3) is 3.60. The van der Waals surface area contributed by atoms with Crippen molar-refractivity contribution in [3.63, 3.8) is 0 Å². The molecule has 0 spiro atoms. The summed E-state index contributed by atoms with van der Waals surface area (Å²) < 4.78 is 0. The highest BCUT2D eigenvalue weighted by molar-refractivity contribution is 5.78. The smallest absolute Gasteiger partial charge is 0.223 e. The second kappa shape index (κ2) is 7.04. The van der Waals surface area contributed by atoms with Crippen LogP contribution in [0, 0.1) is 18.8 Å². The Balaban J connectivity index is 1.70. The summed E-state index contributed by atoms with van der Waals surface area (Å²) in [5.74, 6) is 0.861. The molecule has 1 saturated carbocycles. The molecule has 1 saturated heterocycles. The molecular formula is C20H30N2O. The Hall–Kier alpha value is -1.35. The summed E-state index contributed by atoms with van der Waals surface area (Å²) >= 11 is 0. The fraction of sp³-hybridized carbons (Fsp3) is 0.650. The minimum Gasteiger partial charge on any atom is -0.355 e. The van der Waals surface area contributed by atoms with Gasteiger partial charge >= 0.3 is 0 Å². The van der Waals surface area contributed by atoms with Gasteiger partial charge in [0.2, 0.25) is 5.91 Å². The van der Waals surface area contributed by atoms with Gasteiger partial charge in [0.05, 0.1) is 0 Å². The van der Waals surface area contributed by atoms with Gasteiger partial charge in [-0.15, -0.1) is 0 Å². The monoisotopic (exact) mass is 314 g/mol. The van der Waals surface area contributed by atoms with Crippen molar-refractivity contribution in [3.05, 3.63) is 35.4 Å². The van der Waals surface area contributed by atoms with Gasteiger partial charge in [0, 0.05) is 17.9 Å². The molecule has 23 heavy (non-hydrogen) atoms. The second-order valence-corrected chi connectivity index (χ2v) is 7.64. The highest BCUT2D eigenvalue weighted by Gasteiger charge is 2.35. The van der Waals surface area contributed by atoms with Crippen LogP contribution in [0.4, 0.5) is 0 Å². The molecule has 1 aliphatic carbocycles. The highest BCUT2D eigenvalue weighted by atomic mass is 16.1. The molecule has 1 aromatic rings. The van der Waals surface area contributed by atoms with E-state index < -0.39 is 0 Å². The SMILES string of the molecule is Cc1cccc(C2(CNC(=O)C(C)C3CNC3)CCCCC2)c1. The van der Waals surface area contributed by atoms with Crippen LogP contribution < -0.4 is 10.6 Å². The van der Waals surface area contributed by atoms with Crippen LogP contribution in [0.2, 0.25) is 0 Å². The predicted octanol–water partition coefficient (Wildman–Crippen LogP) is 3.17. The molecule has 1 unspecified atom stereocenters. The molecule has 1 aromatic carbocycles. The van der Waals surface area contributed by atoms with Crippen molar-refractivity contribution in [2.45, 2.75) is 51.4 Å². The predicted molar refractivity (Wildman–Crippen MR) is 94.5 cm³/mol. The van der Waals surface area contributed by atoms with Gasteiger partial charge in [0.1, 0.15) is 0 Å². The minimum absolute atomic E-state index is 0.120. The zero-order valence-electron chi connectivity index (χ0n) is 14.5. The van der Waals surface area contributed by atoms with Gasteiger partial charge in [-0.2, -0.15) is 0 Å². The Bertz CT molecular complexity index is 544. The highest BCUT2D eigenvalue weighted by Crippen LogP contribution is 2.39. The van der Waals surface area contributed by atoms with E-state index in [0.717, 1.165) is 19.6 Å². The van der Waals surface area contributed by atoms with Crippen molar-refractivity contribution < 1.29 is 4.79 Å².